The molecule has 0 aliphatic carbocycles. The second kappa shape index (κ2) is 5.03. The minimum atomic E-state index is 0.577. The molecule has 3 heteroatoms. The van der Waals surface area contributed by atoms with Crippen molar-refractivity contribution in [1.82, 2.24) is 15.1 Å². The molecule has 2 fully saturated rings. The van der Waals surface area contributed by atoms with E-state index in [1.54, 1.807) is 0 Å². The molecular formula is C13H27N3. The van der Waals surface area contributed by atoms with Crippen molar-refractivity contribution in [2.75, 3.05) is 46.3 Å². The lowest BCUT2D eigenvalue weighted by atomic mass is 9.82. The molecular weight excluding hydrogens is 198 g/mol. The van der Waals surface area contributed by atoms with Crippen LogP contribution in [-0.2, 0) is 0 Å². The van der Waals surface area contributed by atoms with E-state index in [-0.39, 0.29) is 0 Å². The molecule has 1 atom stereocenters. The van der Waals surface area contributed by atoms with E-state index >= 15 is 0 Å². The number of hydrogen-bond acceptors (Lipinski definition) is 3. The monoisotopic (exact) mass is 225 g/mol. The molecule has 94 valence electrons. The Balaban J connectivity index is 1.77. The molecule has 0 aromatic rings. The highest BCUT2D eigenvalue weighted by molar-refractivity contribution is 4.84. The first-order chi connectivity index (χ1) is 7.57. The molecule has 1 unspecified atom stereocenters. The second-order valence-corrected chi connectivity index (χ2v) is 6.30. The zero-order valence-corrected chi connectivity index (χ0v) is 11.1. The summed E-state index contributed by atoms with van der Waals surface area (Å²) in [5, 5.41) is 3.50. The molecule has 0 aromatic carbocycles. The van der Waals surface area contributed by atoms with E-state index in [0.29, 0.717) is 5.41 Å². The van der Waals surface area contributed by atoms with Crippen molar-refractivity contribution in [3.8, 4) is 0 Å². The Bertz CT molecular complexity index is 217. The molecule has 0 saturated carbocycles. The van der Waals surface area contributed by atoms with Crippen LogP contribution in [-0.4, -0.2) is 62.2 Å². The van der Waals surface area contributed by atoms with Crippen molar-refractivity contribution in [1.29, 1.82) is 0 Å². The molecule has 2 rings (SSSR count). The maximum atomic E-state index is 3.50. The molecule has 0 aromatic heterocycles. The van der Waals surface area contributed by atoms with E-state index in [1.165, 1.54) is 39.0 Å². The highest BCUT2D eigenvalue weighted by atomic mass is 15.2. The molecule has 0 amide bonds. The molecule has 1 N–H and O–H groups in total. The maximum Gasteiger partial charge on any atom is 0.0345 e. The van der Waals surface area contributed by atoms with Gasteiger partial charge in [0.05, 0.1) is 0 Å². The van der Waals surface area contributed by atoms with Crippen molar-refractivity contribution in [3.63, 3.8) is 0 Å². The van der Waals surface area contributed by atoms with E-state index in [4.69, 9.17) is 0 Å². The van der Waals surface area contributed by atoms with Gasteiger partial charge in [-0.15, -0.1) is 0 Å². The number of hydrogen-bond donors (Lipinski definition) is 1. The lowest BCUT2D eigenvalue weighted by Crippen LogP contribution is -2.55. The van der Waals surface area contributed by atoms with E-state index < -0.39 is 0 Å². The zero-order chi connectivity index (χ0) is 11.6. The van der Waals surface area contributed by atoms with Crippen LogP contribution in [0, 0.1) is 5.41 Å². The van der Waals surface area contributed by atoms with Crippen LogP contribution in [0.25, 0.3) is 0 Å². The smallest absolute Gasteiger partial charge is 0.0345 e. The number of piperazine rings is 1. The SMILES string of the molecule is CN1CCNCC1CN1CCC(C)(C)CC1. The highest BCUT2D eigenvalue weighted by Gasteiger charge is 2.28. The maximum absolute atomic E-state index is 3.50. The van der Waals surface area contributed by atoms with Gasteiger partial charge in [0.2, 0.25) is 0 Å². The number of likely N-dealkylation sites (tertiary alicyclic amines) is 1. The summed E-state index contributed by atoms with van der Waals surface area (Å²) in [6.45, 7) is 12.1. The number of nitrogens with zero attached hydrogens (tertiary/aromatic N) is 2. The van der Waals surface area contributed by atoms with Gasteiger partial charge in [0, 0.05) is 32.2 Å². The van der Waals surface area contributed by atoms with Gasteiger partial charge in [0.1, 0.15) is 0 Å². The Kier molecular flexibility index (Phi) is 3.88. The fraction of sp³-hybridized carbons (Fsp3) is 1.00. The molecule has 2 aliphatic heterocycles. The molecule has 16 heavy (non-hydrogen) atoms. The van der Waals surface area contributed by atoms with Gasteiger partial charge >= 0.3 is 0 Å². The average Bonchev–Trinajstić information content (AvgIpc) is 2.24. The van der Waals surface area contributed by atoms with Gasteiger partial charge in [0.15, 0.2) is 0 Å². The Morgan fingerprint density at radius 1 is 1.19 bits per heavy atom. The predicted molar refractivity (Wildman–Crippen MR) is 68.7 cm³/mol. The third-order valence-electron chi connectivity index (χ3n) is 4.32. The molecule has 2 aliphatic rings. The molecule has 0 radical (unpaired) electrons. The number of likely N-dealkylation sites (N-methyl/N-ethyl adjacent to an activating group) is 1. The van der Waals surface area contributed by atoms with Crippen molar-refractivity contribution in [3.05, 3.63) is 0 Å². The minimum Gasteiger partial charge on any atom is -0.314 e. The zero-order valence-electron chi connectivity index (χ0n) is 11.1. The van der Waals surface area contributed by atoms with E-state index in [1.807, 2.05) is 0 Å². The summed E-state index contributed by atoms with van der Waals surface area (Å²) in [7, 11) is 2.26. The summed E-state index contributed by atoms with van der Waals surface area (Å²) in [5.41, 5.74) is 0.577. The summed E-state index contributed by atoms with van der Waals surface area (Å²) in [6, 6.07) is 0.718. The Morgan fingerprint density at radius 2 is 1.88 bits per heavy atom. The minimum absolute atomic E-state index is 0.577. The lowest BCUT2D eigenvalue weighted by Gasteiger charge is -2.41. The number of rotatable bonds is 2. The van der Waals surface area contributed by atoms with Crippen LogP contribution in [0.3, 0.4) is 0 Å². The first-order valence-corrected chi connectivity index (χ1v) is 6.70. The van der Waals surface area contributed by atoms with Crippen LogP contribution in [0.4, 0.5) is 0 Å². The molecule has 2 saturated heterocycles. The van der Waals surface area contributed by atoms with Crippen LogP contribution in [0.2, 0.25) is 0 Å². The normalized spacial score (nSPS) is 32.8. The van der Waals surface area contributed by atoms with Crippen LogP contribution < -0.4 is 5.32 Å². The van der Waals surface area contributed by atoms with Crippen LogP contribution in [0.5, 0.6) is 0 Å². The number of piperidine rings is 1. The van der Waals surface area contributed by atoms with Gasteiger partial charge in [-0.25, -0.2) is 0 Å². The van der Waals surface area contributed by atoms with Gasteiger partial charge in [-0.3, -0.25) is 4.90 Å². The van der Waals surface area contributed by atoms with Crippen LogP contribution >= 0.6 is 0 Å². The first-order valence-electron chi connectivity index (χ1n) is 6.70. The topological polar surface area (TPSA) is 18.5 Å². The van der Waals surface area contributed by atoms with Crippen molar-refractivity contribution < 1.29 is 0 Å². The van der Waals surface area contributed by atoms with E-state index in [2.05, 4.69) is 36.0 Å². The average molecular weight is 225 g/mol. The highest BCUT2D eigenvalue weighted by Crippen LogP contribution is 2.29. The Hall–Kier alpha value is -0.120. The Labute approximate surface area is 100 Å². The van der Waals surface area contributed by atoms with Crippen molar-refractivity contribution in [2.45, 2.75) is 32.7 Å². The summed E-state index contributed by atoms with van der Waals surface area (Å²) < 4.78 is 0. The Morgan fingerprint density at radius 3 is 2.50 bits per heavy atom. The second-order valence-electron chi connectivity index (χ2n) is 6.30. The van der Waals surface area contributed by atoms with E-state index in [0.717, 1.165) is 19.1 Å². The fourth-order valence-electron chi connectivity index (χ4n) is 2.71. The molecule has 0 spiro atoms. The van der Waals surface area contributed by atoms with Gasteiger partial charge in [-0.2, -0.15) is 0 Å². The van der Waals surface area contributed by atoms with Crippen molar-refractivity contribution >= 4 is 0 Å². The van der Waals surface area contributed by atoms with Crippen molar-refractivity contribution in [2.24, 2.45) is 5.41 Å². The van der Waals surface area contributed by atoms with Gasteiger partial charge in [-0.05, 0) is 38.4 Å². The standard InChI is InChI=1S/C13H27N3/c1-13(2)4-7-16(8-5-13)11-12-10-14-6-9-15(12)3/h12,14H,4-11H2,1-3H3. The third kappa shape index (κ3) is 3.19. The summed E-state index contributed by atoms with van der Waals surface area (Å²) in [6.07, 6.45) is 2.72. The molecule has 3 nitrogen and oxygen atoms in total. The molecule has 0 bridgehead atoms. The first kappa shape index (κ1) is 12.3. The van der Waals surface area contributed by atoms with Gasteiger partial charge in [0.25, 0.3) is 0 Å². The predicted octanol–water partition coefficient (Wildman–Crippen LogP) is 1.01. The third-order valence-corrected chi connectivity index (χ3v) is 4.32. The summed E-state index contributed by atoms with van der Waals surface area (Å²) in [4.78, 5) is 5.16. The van der Waals surface area contributed by atoms with Crippen LogP contribution in [0.1, 0.15) is 26.7 Å². The lowest BCUT2D eigenvalue weighted by molar-refractivity contribution is 0.0880. The van der Waals surface area contributed by atoms with Crippen LogP contribution in [0.15, 0.2) is 0 Å². The van der Waals surface area contributed by atoms with E-state index in [9.17, 15) is 0 Å². The molecule has 2 heterocycles. The summed E-state index contributed by atoms with van der Waals surface area (Å²) >= 11 is 0. The van der Waals surface area contributed by atoms with Gasteiger partial charge < -0.3 is 10.2 Å². The largest absolute Gasteiger partial charge is 0.314 e. The number of nitrogens with one attached hydrogen (secondary N) is 1. The van der Waals surface area contributed by atoms with Gasteiger partial charge in [-0.1, -0.05) is 13.8 Å². The quantitative estimate of drug-likeness (QED) is 0.757. The summed E-state index contributed by atoms with van der Waals surface area (Å²) in [5.74, 6) is 0. The fourth-order valence-corrected chi connectivity index (χ4v) is 2.71.